The van der Waals surface area contributed by atoms with Crippen LogP contribution < -0.4 is 5.73 Å². The van der Waals surface area contributed by atoms with Gasteiger partial charge in [-0.2, -0.15) is 0 Å². The number of rotatable bonds is 4. The largest absolute Gasteiger partial charge is 0.329 e. The molecule has 116 valence electrons. The molecule has 4 aliphatic rings. The Morgan fingerprint density at radius 2 is 1.86 bits per heavy atom. The van der Waals surface area contributed by atoms with Gasteiger partial charge in [0.1, 0.15) is 0 Å². The van der Waals surface area contributed by atoms with E-state index in [9.17, 15) is 0 Å². The SMILES string of the molecule is CN(Cc1cc(Br)cs1)C1(CN)C2CC3CC(C2)CC1C3. The van der Waals surface area contributed by atoms with Gasteiger partial charge in [-0.15, -0.1) is 11.3 Å². The molecule has 0 spiro atoms. The van der Waals surface area contributed by atoms with Gasteiger partial charge in [0.2, 0.25) is 0 Å². The van der Waals surface area contributed by atoms with Gasteiger partial charge in [0, 0.05) is 33.4 Å². The minimum absolute atomic E-state index is 0.268. The third-order valence-corrected chi connectivity index (χ3v) is 8.29. The highest BCUT2D eigenvalue weighted by atomic mass is 79.9. The van der Waals surface area contributed by atoms with E-state index in [4.69, 9.17) is 5.73 Å². The van der Waals surface area contributed by atoms with Gasteiger partial charge in [0.15, 0.2) is 0 Å². The summed E-state index contributed by atoms with van der Waals surface area (Å²) in [7, 11) is 2.32. The summed E-state index contributed by atoms with van der Waals surface area (Å²) >= 11 is 5.44. The van der Waals surface area contributed by atoms with Crippen LogP contribution in [0.5, 0.6) is 0 Å². The van der Waals surface area contributed by atoms with Crippen LogP contribution in [0.15, 0.2) is 15.9 Å². The highest BCUT2D eigenvalue weighted by Crippen LogP contribution is 2.59. The van der Waals surface area contributed by atoms with Gasteiger partial charge < -0.3 is 5.73 Å². The number of hydrogen-bond acceptors (Lipinski definition) is 3. The van der Waals surface area contributed by atoms with E-state index in [0.29, 0.717) is 0 Å². The van der Waals surface area contributed by atoms with E-state index < -0.39 is 0 Å². The van der Waals surface area contributed by atoms with Crippen molar-refractivity contribution in [1.29, 1.82) is 0 Å². The molecule has 0 radical (unpaired) electrons. The van der Waals surface area contributed by atoms with Crippen LogP contribution in [-0.2, 0) is 6.54 Å². The van der Waals surface area contributed by atoms with Gasteiger partial charge in [0.05, 0.1) is 0 Å². The first-order valence-corrected chi connectivity index (χ1v) is 9.93. The molecule has 4 bridgehead atoms. The van der Waals surface area contributed by atoms with Gasteiger partial charge >= 0.3 is 0 Å². The molecule has 2 nitrogen and oxygen atoms in total. The van der Waals surface area contributed by atoms with E-state index in [1.807, 2.05) is 11.3 Å². The van der Waals surface area contributed by atoms with Crippen molar-refractivity contribution < 1.29 is 0 Å². The normalized spacial score (nSPS) is 41.1. The lowest BCUT2D eigenvalue weighted by atomic mass is 9.48. The Morgan fingerprint density at radius 1 is 1.24 bits per heavy atom. The van der Waals surface area contributed by atoms with E-state index >= 15 is 0 Å². The highest BCUT2D eigenvalue weighted by molar-refractivity contribution is 9.10. The quantitative estimate of drug-likeness (QED) is 0.866. The van der Waals surface area contributed by atoms with Crippen molar-refractivity contribution in [2.75, 3.05) is 13.6 Å². The maximum atomic E-state index is 6.40. The molecule has 4 aliphatic carbocycles. The molecule has 0 aliphatic heterocycles. The predicted molar refractivity (Wildman–Crippen MR) is 92.3 cm³/mol. The fourth-order valence-corrected chi connectivity index (χ4v) is 7.43. The molecule has 21 heavy (non-hydrogen) atoms. The van der Waals surface area contributed by atoms with Crippen LogP contribution in [-0.4, -0.2) is 24.0 Å². The fourth-order valence-electron chi connectivity index (χ4n) is 5.93. The summed E-state index contributed by atoms with van der Waals surface area (Å²) in [6.45, 7) is 1.89. The van der Waals surface area contributed by atoms with Gasteiger partial charge in [-0.1, -0.05) is 0 Å². The predicted octanol–water partition coefficient (Wildman–Crippen LogP) is 4.10. The zero-order chi connectivity index (χ0) is 14.6. The Hall–Kier alpha value is 0.1000. The molecule has 0 saturated heterocycles. The van der Waals surface area contributed by atoms with Crippen molar-refractivity contribution in [3.63, 3.8) is 0 Å². The number of hydrogen-bond donors (Lipinski definition) is 1. The summed E-state index contributed by atoms with van der Waals surface area (Å²) in [6, 6.07) is 2.27. The molecule has 0 atom stereocenters. The molecule has 4 saturated carbocycles. The summed E-state index contributed by atoms with van der Waals surface area (Å²) in [5.74, 6) is 3.70. The Balaban J connectivity index is 1.60. The second kappa shape index (κ2) is 5.33. The molecule has 5 rings (SSSR count). The van der Waals surface area contributed by atoms with Gasteiger partial charge in [-0.05, 0) is 84.8 Å². The average molecular weight is 369 g/mol. The molecule has 4 heteroatoms. The van der Waals surface area contributed by atoms with Crippen molar-refractivity contribution >= 4 is 27.3 Å². The minimum Gasteiger partial charge on any atom is -0.329 e. The lowest BCUT2D eigenvalue weighted by Gasteiger charge is -2.64. The van der Waals surface area contributed by atoms with Crippen molar-refractivity contribution in [3.8, 4) is 0 Å². The van der Waals surface area contributed by atoms with Crippen LogP contribution in [0, 0.1) is 23.7 Å². The second-order valence-corrected chi connectivity index (χ2v) is 9.50. The molecule has 1 heterocycles. The molecule has 0 amide bonds. The van der Waals surface area contributed by atoms with Crippen LogP contribution in [0.1, 0.15) is 37.0 Å². The minimum atomic E-state index is 0.268. The van der Waals surface area contributed by atoms with E-state index in [-0.39, 0.29) is 5.54 Å². The molecule has 1 aromatic rings. The maximum Gasteiger partial charge on any atom is 0.0389 e. The molecular formula is C17H25BrN2S. The zero-order valence-electron chi connectivity index (χ0n) is 12.7. The number of nitrogens with zero attached hydrogens (tertiary/aromatic N) is 1. The number of halogens is 1. The van der Waals surface area contributed by atoms with Crippen molar-refractivity contribution in [2.24, 2.45) is 29.4 Å². The molecule has 0 unspecified atom stereocenters. The first-order chi connectivity index (χ1) is 10.1. The van der Waals surface area contributed by atoms with Crippen molar-refractivity contribution in [3.05, 3.63) is 20.8 Å². The van der Waals surface area contributed by atoms with E-state index in [1.165, 1.54) is 41.5 Å². The van der Waals surface area contributed by atoms with Crippen molar-refractivity contribution in [1.82, 2.24) is 4.90 Å². The maximum absolute atomic E-state index is 6.40. The number of nitrogens with two attached hydrogens (primary N) is 1. The van der Waals surface area contributed by atoms with Crippen LogP contribution in [0.2, 0.25) is 0 Å². The first kappa shape index (κ1) is 14.7. The third kappa shape index (κ3) is 2.25. The van der Waals surface area contributed by atoms with Crippen LogP contribution >= 0.6 is 27.3 Å². The van der Waals surface area contributed by atoms with Crippen LogP contribution in [0.4, 0.5) is 0 Å². The van der Waals surface area contributed by atoms with E-state index in [1.54, 1.807) is 0 Å². The monoisotopic (exact) mass is 368 g/mol. The van der Waals surface area contributed by atoms with E-state index in [0.717, 1.165) is 36.8 Å². The van der Waals surface area contributed by atoms with Gasteiger partial charge in [-0.25, -0.2) is 0 Å². The standard InChI is InChI=1S/C17H25BrN2S/c1-20(8-16-7-15(18)9-21-16)17(10-19)13-3-11-2-12(5-13)6-14(17)4-11/h7,9,11-14H,2-6,8,10,19H2,1H3. The summed E-state index contributed by atoms with van der Waals surface area (Å²) in [5.41, 5.74) is 6.67. The molecular weight excluding hydrogens is 344 g/mol. The molecule has 4 fully saturated rings. The van der Waals surface area contributed by atoms with Crippen LogP contribution in [0.25, 0.3) is 0 Å². The highest BCUT2D eigenvalue weighted by Gasteiger charge is 2.58. The third-order valence-electron chi connectivity index (χ3n) is 6.60. The van der Waals surface area contributed by atoms with Crippen LogP contribution in [0.3, 0.4) is 0 Å². The summed E-state index contributed by atoms with van der Waals surface area (Å²) in [4.78, 5) is 4.07. The van der Waals surface area contributed by atoms with Crippen molar-refractivity contribution in [2.45, 2.75) is 44.2 Å². The second-order valence-electron chi connectivity index (χ2n) is 7.59. The smallest absolute Gasteiger partial charge is 0.0389 e. The summed E-state index contributed by atoms with van der Waals surface area (Å²) < 4.78 is 1.21. The van der Waals surface area contributed by atoms with Gasteiger partial charge in [-0.3, -0.25) is 4.90 Å². The average Bonchev–Trinajstić information content (AvgIpc) is 2.84. The Labute approximate surface area is 140 Å². The zero-order valence-corrected chi connectivity index (χ0v) is 15.1. The fraction of sp³-hybridized carbons (Fsp3) is 0.765. The Morgan fingerprint density at radius 3 is 2.33 bits per heavy atom. The first-order valence-electron chi connectivity index (χ1n) is 8.26. The van der Waals surface area contributed by atoms with E-state index in [2.05, 4.69) is 39.3 Å². The molecule has 0 aromatic carbocycles. The number of thiophene rings is 1. The van der Waals surface area contributed by atoms with Gasteiger partial charge in [0.25, 0.3) is 0 Å². The number of likely N-dealkylation sites (N-methyl/N-ethyl adjacent to an activating group) is 1. The lowest BCUT2D eigenvalue weighted by Crippen LogP contribution is -2.68. The topological polar surface area (TPSA) is 29.3 Å². The summed E-state index contributed by atoms with van der Waals surface area (Å²) in [6.07, 6.45) is 7.24. The lowest BCUT2D eigenvalue weighted by molar-refractivity contribution is -0.125. The molecule has 1 aromatic heterocycles. The Bertz CT molecular complexity index is 499. The Kier molecular flexibility index (Phi) is 3.72. The molecule has 2 N–H and O–H groups in total. The summed E-state index contributed by atoms with van der Waals surface area (Å²) in [5, 5.41) is 2.19.